The Labute approximate surface area is 151 Å². The van der Waals surface area contributed by atoms with E-state index in [2.05, 4.69) is 17.3 Å². The summed E-state index contributed by atoms with van der Waals surface area (Å²) >= 11 is 0. The summed E-state index contributed by atoms with van der Waals surface area (Å²) in [5, 5.41) is 13.5. The fourth-order valence-electron chi connectivity index (χ4n) is 2.88. The van der Waals surface area contributed by atoms with Crippen LogP contribution in [-0.2, 0) is 0 Å². The summed E-state index contributed by atoms with van der Waals surface area (Å²) in [6.07, 6.45) is 2.22. The molecule has 0 aliphatic carbocycles. The second kappa shape index (κ2) is 7.97. The van der Waals surface area contributed by atoms with Gasteiger partial charge in [-0.2, -0.15) is 0 Å². The molecule has 0 bridgehead atoms. The molecule has 7 heteroatoms. The van der Waals surface area contributed by atoms with Gasteiger partial charge in [-0.25, -0.2) is 0 Å². The number of amides is 1. The Hall–Kier alpha value is -2.93. The fourth-order valence-corrected chi connectivity index (χ4v) is 2.88. The highest BCUT2D eigenvalue weighted by Gasteiger charge is 2.18. The van der Waals surface area contributed by atoms with Gasteiger partial charge in [0, 0.05) is 36.5 Å². The lowest BCUT2D eigenvalue weighted by molar-refractivity contribution is -0.384. The minimum atomic E-state index is -0.522. The molecule has 1 heterocycles. The molecule has 0 radical (unpaired) electrons. The maximum atomic E-state index is 12.3. The molecule has 1 aliphatic heterocycles. The van der Waals surface area contributed by atoms with Crippen molar-refractivity contribution in [2.24, 2.45) is 0 Å². The van der Waals surface area contributed by atoms with E-state index < -0.39 is 10.8 Å². The second-order valence-corrected chi connectivity index (χ2v) is 6.41. The van der Waals surface area contributed by atoms with E-state index in [4.69, 9.17) is 4.74 Å². The maximum Gasteiger partial charge on any atom is 0.270 e. The van der Waals surface area contributed by atoms with Crippen LogP contribution in [0.25, 0.3) is 0 Å². The number of nitro groups is 1. The van der Waals surface area contributed by atoms with Gasteiger partial charge in [-0.15, -0.1) is 0 Å². The zero-order valence-corrected chi connectivity index (χ0v) is 14.6. The van der Waals surface area contributed by atoms with E-state index in [1.165, 1.54) is 18.2 Å². The third-order valence-corrected chi connectivity index (χ3v) is 4.40. The normalized spacial score (nSPS) is 15.4. The summed E-state index contributed by atoms with van der Waals surface area (Å²) in [5.41, 5.74) is 0.739. The zero-order chi connectivity index (χ0) is 18.5. The number of hydrogen-bond donors (Lipinski definition) is 1. The molecule has 1 amide bonds. The smallest absolute Gasteiger partial charge is 0.270 e. The van der Waals surface area contributed by atoms with Gasteiger partial charge in [-0.1, -0.05) is 6.07 Å². The average Bonchev–Trinajstić information content (AvgIpc) is 2.65. The third kappa shape index (κ3) is 4.58. The van der Waals surface area contributed by atoms with E-state index in [0.717, 1.165) is 31.7 Å². The van der Waals surface area contributed by atoms with Crippen LogP contribution in [0.1, 0.15) is 23.2 Å². The Bertz CT molecular complexity index is 784. The lowest BCUT2D eigenvalue weighted by atomic mass is 10.1. The number of carbonyl (C=O) groups excluding carboxylic acids is 1. The van der Waals surface area contributed by atoms with Crippen molar-refractivity contribution in [2.45, 2.75) is 18.9 Å². The minimum absolute atomic E-state index is 0.112. The molecule has 0 atom stereocenters. The van der Waals surface area contributed by atoms with Gasteiger partial charge in [0.15, 0.2) is 0 Å². The monoisotopic (exact) mass is 355 g/mol. The van der Waals surface area contributed by atoms with Crippen molar-refractivity contribution in [3.8, 4) is 5.75 Å². The molecule has 0 saturated carbocycles. The highest BCUT2D eigenvalue weighted by atomic mass is 16.6. The first-order valence-corrected chi connectivity index (χ1v) is 8.52. The number of ether oxygens (including phenoxy) is 1. The van der Waals surface area contributed by atoms with Crippen molar-refractivity contribution in [3.05, 3.63) is 64.2 Å². The number of nitrogens with zero attached hydrogens (tertiary/aromatic N) is 2. The molecule has 2 aromatic rings. The number of non-ortho nitro benzene ring substituents is 1. The summed E-state index contributed by atoms with van der Waals surface area (Å²) in [5.74, 6) is 0.380. The van der Waals surface area contributed by atoms with E-state index in [1.54, 1.807) is 18.2 Å². The SMILES string of the molecule is CN1CCC(Oc2ccc(NC(=O)c3cccc([N+](=O)[O-])c3)cc2)CC1. The molecule has 1 fully saturated rings. The molecule has 3 rings (SSSR count). The lowest BCUT2D eigenvalue weighted by Crippen LogP contribution is -2.35. The Morgan fingerprint density at radius 3 is 2.54 bits per heavy atom. The first-order chi connectivity index (χ1) is 12.5. The van der Waals surface area contributed by atoms with Crippen molar-refractivity contribution in [1.82, 2.24) is 4.90 Å². The molecule has 1 aliphatic rings. The van der Waals surface area contributed by atoms with Crippen molar-refractivity contribution in [1.29, 1.82) is 0 Å². The molecule has 1 saturated heterocycles. The molecular weight excluding hydrogens is 334 g/mol. The van der Waals surface area contributed by atoms with Crippen LogP contribution in [0.4, 0.5) is 11.4 Å². The molecule has 0 unspecified atom stereocenters. The van der Waals surface area contributed by atoms with Crippen LogP contribution >= 0.6 is 0 Å². The van der Waals surface area contributed by atoms with Gasteiger partial charge in [0.1, 0.15) is 11.9 Å². The predicted octanol–water partition coefficient (Wildman–Crippen LogP) is 3.32. The molecule has 0 aromatic heterocycles. The summed E-state index contributed by atoms with van der Waals surface area (Å²) < 4.78 is 5.98. The van der Waals surface area contributed by atoms with E-state index in [9.17, 15) is 14.9 Å². The Morgan fingerprint density at radius 1 is 1.19 bits per heavy atom. The highest BCUT2D eigenvalue weighted by molar-refractivity contribution is 6.04. The van der Waals surface area contributed by atoms with Crippen LogP contribution in [0.5, 0.6) is 5.75 Å². The van der Waals surface area contributed by atoms with Crippen LogP contribution in [0.2, 0.25) is 0 Å². The van der Waals surface area contributed by atoms with Gasteiger partial charge >= 0.3 is 0 Å². The molecule has 7 nitrogen and oxygen atoms in total. The molecule has 26 heavy (non-hydrogen) atoms. The molecule has 0 spiro atoms. The van der Waals surface area contributed by atoms with Crippen molar-refractivity contribution < 1.29 is 14.5 Å². The van der Waals surface area contributed by atoms with Crippen LogP contribution < -0.4 is 10.1 Å². The predicted molar refractivity (Wildman–Crippen MR) is 98.6 cm³/mol. The average molecular weight is 355 g/mol. The van der Waals surface area contributed by atoms with Gasteiger partial charge in [0.05, 0.1) is 4.92 Å². The van der Waals surface area contributed by atoms with Crippen molar-refractivity contribution in [2.75, 3.05) is 25.5 Å². The summed E-state index contributed by atoms with van der Waals surface area (Å²) in [4.78, 5) is 24.8. The van der Waals surface area contributed by atoms with E-state index in [-0.39, 0.29) is 17.4 Å². The third-order valence-electron chi connectivity index (χ3n) is 4.40. The zero-order valence-electron chi connectivity index (χ0n) is 14.6. The number of carbonyl (C=O) groups is 1. The van der Waals surface area contributed by atoms with E-state index in [1.807, 2.05) is 12.1 Å². The van der Waals surface area contributed by atoms with E-state index in [0.29, 0.717) is 5.69 Å². The molecule has 1 N–H and O–H groups in total. The van der Waals surface area contributed by atoms with Gasteiger partial charge in [-0.3, -0.25) is 14.9 Å². The maximum absolute atomic E-state index is 12.3. The van der Waals surface area contributed by atoms with Gasteiger partial charge in [-0.05, 0) is 50.2 Å². The minimum Gasteiger partial charge on any atom is -0.490 e. The van der Waals surface area contributed by atoms with Crippen LogP contribution in [0.3, 0.4) is 0 Å². The standard InChI is InChI=1S/C19H21N3O4/c1-21-11-9-18(10-12-21)26-17-7-5-15(6-8-17)20-19(23)14-3-2-4-16(13-14)22(24)25/h2-8,13,18H,9-12H2,1H3,(H,20,23). The number of hydrogen-bond acceptors (Lipinski definition) is 5. The molecule has 2 aromatic carbocycles. The molecular formula is C19H21N3O4. The quantitative estimate of drug-likeness (QED) is 0.657. The number of benzene rings is 2. The van der Waals surface area contributed by atoms with Crippen molar-refractivity contribution in [3.63, 3.8) is 0 Å². The van der Waals surface area contributed by atoms with Gasteiger partial charge in [0.25, 0.3) is 11.6 Å². The second-order valence-electron chi connectivity index (χ2n) is 6.41. The Morgan fingerprint density at radius 2 is 1.88 bits per heavy atom. The van der Waals surface area contributed by atoms with Crippen LogP contribution in [0.15, 0.2) is 48.5 Å². The molecule has 136 valence electrons. The lowest BCUT2D eigenvalue weighted by Gasteiger charge is -2.29. The summed E-state index contributed by atoms with van der Waals surface area (Å²) in [7, 11) is 2.11. The topological polar surface area (TPSA) is 84.7 Å². The van der Waals surface area contributed by atoms with E-state index >= 15 is 0 Å². The first-order valence-electron chi connectivity index (χ1n) is 8.52. The highest BCUT2D eigenvalue weighted by Crippen LogP contribution is 2.21. The number of rotatable bonds is 5. The first kappa shape index (κ1) is 17.9. The van der Waals surface area contributed by atoms with Gasteiger partial charge < -0.3 is 15.0 Å². The largest absolute Gasteiger partial charge is 0.490 e. The number of nitro benzene ring substituents is 1. The van der Waals surface area contributed by atoms with Crippen LogP contribution in [-0.4, -0.2) is 42.0 Å². The van der Waals surface area contributed by atoms with Crippen molar-refractivity contribution >= 4 is 17.3 Å². The van der Waals surface area contributed by atoms with Crippen LogP contribution in [0, 0.1) is 10.1 Å². The Balaban J connectivity index is 1.59. The fraction of sp³-hybridized carbons (Fsp3) is 0.316. The number of likely N-dealkylation sites (tertiary alicyclic amines) is 1. The number of nitrogens with one attached hydrogen (secondary N) is 1. The summed E-state index contributed by atoms with van der Waals surface area (Å²) in [6.45, 7) is 2.06. The number of piperidine rings is 1. The number of anilines is 1. The Kier molecular flexibility index (Phi) is 5.48. The van der Waals surface area contributed by atoms with Gasteiger partial charge in [0.2, 0.25) is 0 Å². The summed E-state index contributed by atoms with van der Waals surface area (Å²) in [6, 6.07) is 12.8.